The first-order chi connectivity index (χ1) is 18.6. The van der Waals surface area contributed by atoms with Gasteiger partial charge in [0.05, 0.1) is 13.2 Å². The first-order valence-electron chi connectivity index (χ1n) is 12.4. The molecule has 2 atom stereocenters. The molecule has 0 aliphatic carbocycles. The zero-order chi connectivity index (χ0) is 26.1. The van der Waals surface area contributed by atoms with E-state index in [0.29, 0.717) is 31.2 Å². The molecule has 4 aromatic rings. The summed E-state index contributed by atoms with van der Waals surface area (Å²) in [6, 6.07) is 17.8. The Bertz CT molecular complexity index is 1530. The van der Waals surface area contributed by atoms with Crippen LogP contribution < -0.4 is 15.8 Å². The third-order valence-corrected chi connectivity index (χ3v) is 9.20. The number of nitrogens with one attached hydrogen (secondary N) is 2. The van der Waals surface area contributed by atoms with Crippen LogP contribution in [0.5, 0.6) is 0 Å². The predicted molar refractivity (Wildman–Crippen MR) is 149 cm³/mol. The maximum atomic E-state index is 12.4. The van der Waals surface area contributed by atoms with Crippen molar-refractivity contribution in [1.82, 2.24) is 15.0 Å². The predicted octanol–water partition coefficient (Wildman–Crippen LogP) is 4.81. The molecule has 3 N–H and O–H groups in total. The number of ether oxygens (including phenoxy) is 1. The van der Waals surface area contributed by atoms with Crippen LogP contribution in [-0.2, 0) is 4.74 Å². The first kappa shape index (κ1) is 25.0. The number of rotatable bonds is 6. The van der Waals surface area contributed by atoms with E-state index < -0.39 is 6.04 Å². The van der Waals surface area contributed by atoms with Crippen molar-refractivity contribution < 1.29 is 9.84 Å². The second-order valence-electron chi connectivity index (χ2n) is 9.17. The Kier molecular flexibility index (Phi) is 7.12. The highest BCUT2D eigenvalue weighted by Crippen LogP contribution is 2.52. The number of morpholine rings is 1. The molecule has 38 heavy (non-hydrogen) atoms. The lowest BCUT2D eigenvalue weighted by Crippen LogP contribution is -2.41. The number of aliphatic hydroxyl groups is 1. The fourth-order valence-corrected chi connectivity index (χ4v) is 7.16. The van der Waals surface area contributed by atoms with Crippen molar-refractivity contribution in [3.8, 4) is 0 Å². The number of H-pyrrole nitrogens is 1. The number of anilines is 2. The van der Waals surface area contributed by atoms with E-state index in [2.05, 4.69) is 55.5 Å². The fraction of sp³-hybridized carbons (Fsp3) is 0.250. The lowest BCUT2D eigenvalue weighted by Gasteiger charge is -2.35. The standard InChI is InChI=1S/C28H27N5O3S2/c1-17-9-11-29-27(31-17)20(16-34)32-18-7-8-23-25(14-18)37-24-6-2-4-19(26(24)38-23)22-15-33(12-13-36-22)21-5-3-10-30-28(21)35/h2-11,14,20,22,32,34H,12-13,15-16H2,1H3,(H,30,35). The summed E-state index contributed by atoms with van der Waals surface area (Å²) in [5.41, 5.74) is 3.50. The number of benzene rings is 2. The minimum Gasteiger partial charge on any atom is -0.394 e. The van der Waals surface area contributed by atoms with Crippen molar-refractivity contribution in [3.63, 3.8) is 0 Å². The number of aryl methyl sites for hydroxylation is 1. The van der Waals surface area contributed by atoms with E-state index in [4.69, 9.17) is 4.74 Å². The molecule has 6 rings (SSSR count). The maximum absolute atomic E-state index is 12.4. The SMILES string of the molecule is Cc1ccnc(C(CO)Nc2ccc3c(c2)Sc2cccc(C4CN(c5ccc[nH]c5=O)CCO4)c2S3)n1. The summed E-state index contributed by atoms with van der Waals surface area (Å²) in [6.45, 7) is 3.66. The number of aromatic nitrogens is 3. The summed E-state index contributed by atoms with van der Waals surface area (Å²) in [5, 5.41) is 13.4. The smallest absolute Gasteiger partial charge is 0.271 e. The molecule has 194 valence electrons. The molecule has 2 aliphatic heterocycles. The molecule has 1 fully saturated rings. The van der Waals surface area contributed by atoms with Crippen molar-refractivity contribution >= 4 is 34.9 Å². The molecule has 2 aromatic carbocycles. The van der Waals surface area contributed by atoms with Crippen molar-refractivity contribution in [1.29, 1.82) is 0 Å². The number of hydrogen-bond acceptors (Lipinski definition) is 9. The van der Waals surface area contributed by atoms with E-state index in [1.807, 2.05) is 31.2 Å². The first-order valence-corrected chi connectivity index (χ1v) is 14.1. The molecule has 2 aliphatic rings. The molecular formula is C28H27N5O3S2. The number of hydrogen-bond donors (Lipinski definition) is 3. The lowest BCUT2D eigenvalue weighted by molar-refractivity contribution is 0.0378. The van der Waals surface area contributed by atoms with Crippen LogP contribution in [0.4, 0.5) is 11.4 Å². The van der Waals surface area contributed by atoms with Crippen LogP contribution in [-0.4, -0.2) is 46.4 Å². The van der Waals surface area contributed by atoms with E-state index in [1.54, 1.807) is 35.9 Å². The van der Waals surface area contributed by atoms with E-state index >= 15 is 0 Å². The number of nitrogens with zero attached hydrogens (tertiary/aromatic N) is 3. The van der Waals surface area contributed by atoms with Crippen molar-refractivity contribution in [2.75, 3.05) is 36.5 Å². The average molecular weight is 546 g/mol. The van der Waals surface area contributed by atoms with Crippen molar-refractivity contribution in [3.05, 3.63) is 94.4 Å². The molecule has 1 saturated heterocycles. The molecule has 4 heterocycles. The summed E-state index contributed by atoms with van der Waals surface area (Å²) in [4.78, 5) is 30.7. The van der Waals surface area contributed by atoms with Gasteiger partial charge in [-0.1, -0.05) is 35.7 Å². The molecule has 0 amide bonds. The monoisotopic (exact) mass is 545 g/mol. The van der Waals surface area contributed by atoms with Gasteiger partial charge in [0, 0.05) is 56.4 Å². The zero-order valence-electron chi connectivity index (χ0n) is 20.8. The van der Waals surface area contributed by atoms with Crippen LogP contribution in [0, 0.1) is 6.92 Å². The molecule has 0 radical (unpaired) electrons. The Balaban J connectivity index is 1.23. The van der Waals surface area contributed by atoms with Gasteiger partial charge in [-0.05, 0) is 55.0 Å². The van der Waals surface area contributed by atoms with E-state index in [-0.39, 0.29) is 18.3 Å². The molecule has 0 spiro atoms. The summed E-state index contributed by atoms with van der Waals surface area (Å²) < 4.78 is 6.21. The van der Waals surface area contributed by atoms with E-state index in [0.717, 1.165) is 21.8 Å². The maximum Gasteiger partial charge on any atom is 0.271 e. The van der Waals surface area contributed by atoms with Gasteiger partial charge in [0.15, 0.2) is 5.82 Å². The van der Waals surface area contributed by atoms with Gasteiger partial charge in [0.1, 0.15) is 17.8 Å². The second-order valence-corrected chi connectivity index (χ2v) is 11.3. The second kappa shape index (κ2) is 10.8. The Morgan fingerprint density at radius 2 is 2.08 bits per heavy atom. The molecule has 0 saturated carbocycles. The Labute approximate surface area is 228 Å². The molecule has 8 nitrogen and oxygen atoms in total. The van der Waals surface area contributed by atoms with Gasteiger partial charge in [-0.25, -0.2) is 9.97 Å². The molecule has 10 heteroatoms. The fourth-order valence-electron chi connectivity index (χ4n) is 4.71. The largest absolute Gasteiger partial charge is 0.394 e. The summed E-state index contributed by atoms with van der Waals surface area (Å²) in [6.07, 6.45) is 3.24. The Hall–Kier alpha value is -3.31. The van der Waals surface area contributed by atoms with Gasteiger partial charge >= 0.3 is 0 Å². The van der Waals surface area contributed by atoms with Gasteiger partial charge in [-0.2, -0.15) is 0 Å². The average Bonchev–Trinajstić information content (AvgIpc) is 2.94. The molecule has 2 aromatic heterocycles. The zero-order valence-corrected chi connectivity index (χ0v) is 22.4. The van der Waals surface area contributed by atoms with Gasteiger partial charge in [-0.15, -0.1) is 0 Å². The normalized spacial score (nSPS) is 17.4. The quantitative estimate of drug-likeness (QED) is 0.277. The third-order valence-electron chi connectivity index (χ3n) is 6.59. The lowest BCUT2D eigenvalue weighted by atomic mass is 10.1. The molecule has 0 bridgehead atoms. The molecule has 2 unspecified atom stereocenters. The number of aromatic amines is 1. The van der Waals surface area contributed by atoms with E-state index in [9.17, 15) is 9.90 Å². The Morgan fingerprint density at radius 1 is 1.16 bits per heavy atom. The van der Waals surface area contributed by atoms with Gasteiger partial charge < -0.3 is 25.0 Å². The van der Waals surface area contributed by atoms with E-state index in [1.165, 1.54) is 14.7 Å². The highest BCUT2D eigenvalue weighted by molar-refractivity contribution is 8.05. The third kappa shape index (κ3) is 5.04. The van der Waals surface area contributed by atoms with Crippen LogP contribution >= 0.6 is 23.5 Å². The van der Waals surface area contributed by atoms with Crippen LogP contribution in [0.3, 0.4) is 0 Å². The van der Waals surface area contributed by atoms with Gasteiger partial charge in [0.25, 0.3) is 5.56 Å². The minimum absolute atomic E-state index is 0.0797. The number of fused-ring (bicyclic) bond motifs is 2. The number of aliphatic hydroxyl groups excluding tert-OH is 1. The van der Waals surface area contributed by atoms with Crippen LogP contribution in [0.15, 0.2) is 91.4 Å². The highest BCUT2D eigenvalue weighted by Gasteiger charge is 2.29. The molecular weight excluding hydrogens is 518 g/mol. The number of pyridine rings is 1. The highest BCUT2D eigenvalue weighted by atomic mass is 32.2. The van der Waals surface area contributed by atoms with Crippen LogP contribution in [0.25, 0.3) is 0 Å². The Morgan fingerprint density at radius 3 is 2.92 bits per heavy atom. The van der Waals surface area contributed by atoms with Gasteiger partial charge in [0.2, 0.25) is 0 Å². The van der Waals surface area contributed by atoms with Crippen molar-refractivity contribution in [2.45, 2.75) is 38.7 Å². The van der Waals surface area contributed by atoms with Crippen LogP contribution in [0.2, 0.25) is 0 Å². The summed E-state index contributed by atoms with van der Waals surface area (Å²) in [5.74, 6) is 0.571. The summed E-state index contributed by atoms with van der Waals surface area (Å²) in [7, 11) is 0. The topological polar surface area (TPSA) is 103 Å². The minimum atomic E-state index is -0.392. The van der Waals surface area contributed by atoms with Gasteiger partial charge in [-0.3, -0.25) is 4.79 Å². The van der Waals surface area contributed by atoms with Crippen molar-refractivity contribution in [2.24, 2.45) is 0 Å². The summed E-state index contributed by atoms with van der Waals surface area (Å²) >= 11 is 3.47. The van der Waals surface area contributed by atoms with Crippen LogP contribution in [0.1, 0.15) is 29.2 Å².